The zero-order valence-corrected chi connectivity index (χ0v) is 10.7. The van der Waals surface area contributed by atoms with Crippen LogP contribution < -0.4 is 0 Å². The van der Waals surface area contributed by atoms with Crippen LogP contribution in [-0.4, -0.2) is 25.5 Å². The number of ether oxygens (including phenoxy) is 2. The predicted octanol–water partition coefficient (Wildman–Crippen LogP) is 1.68. The quantitative estimate of drug-likeness (QED) is 0.348. The second kappa shape index (κ2) is 6.97. The molecular formula is C14H13NO4. The van der Waals surface area contributed by atoms with Gasteiger partial charge in [0.05, 0.1) is 25.3 Å². The normalized spacial score (nSPS) is 10.5. The average molecular weight is 259 g/mol. The first-order valence-electron chi connectivity index (χ1n) is 5.59. The second-order valence-electron chi connectivity index (χ2n) is 3.49. The van der Waals surface area contributed by atoms with Crippen molar-refractivity contribution in [3.05, 3.63) is 41.5 Å². The van der Waals surface area contributed by atoms with E-state index in [0.29, 0.717) is 11.1 Å². The van der Waals surface area contributed by atoms with Crippen LogP contribution in [0.3, 0.4) is 0 Å². The maximum absolute atomic E-state index is 11.5. The minimum absolute atomic E-state index is 0.130. The Morgan fingerprint density at radius 1 is 1.42 bits per heavy atom. The van der Waals surface area contributed by atoms with Gasteiger partial charge in [-0.3, -0.25) is 4.79 Å². The van der Waals surface area contributed by atoms with Crippen LogP contribution in [0.1, 0.15) is 18.1 Å². The maximum Gasteiger partial charge on any atom is 0.379 e. The predicted molar refractivity (Wildman–Crippen MR) is 67.8 cm³/mol. The summed E-state index contributed by atoms with van der Waals surface area (Å²) in [6, 6.07) is 8.51. The van der Waals surface area contributed by atoms with Crippen LogP contribution in [0.15, 0.2) is 30.3 Å². The van der Waals surface area contributed by atoms with Crippen molar-refractivity contribution < 1.29 is 19.1 Å². The Labute approximate surface area is 111 Å². The van der Waals surface area contributed by atoms with Crippen LogP contribution >= 0.6 is 0 Å². The molecule has 0 radical (unpaired) electrons. The van der Waals surface area contributed by atoms with Gasteiger partial charge in [-0.15, -0.1) is 0 Å². The SMILES string of the molecule is CCOC(=O)C(=O)/C=C(\OC)c1cccc(C#N)c1. The number of nitriles is 1. The number of methoxy groups -OCH3 is 1. The molecule has 0 bridgehead atoms. The zero-order chi connectivity index (χ0) is 14.3. The third-order valence-electron chi connectivity index (χ3n) is 2.23. The third-order valence-corrected chi connectivity index (χ3v) is 2.23. The van der Waals surface area contributed by atoms with E-state index in [2.05, 4.69) is 4.74 Å². The molecule has 0 unspecified atom stereocenters. The van der Waals surface area contributed by atoms with Crippen molar-refractivity contribution in [2.45, 2.75) is 6.92 Å². The van der Waals surface area contributed by atoms with Gasteiger partial charge in [0.15, 0.2) is 0 Å². The first kappa shape index (κ1) is 14.5. The summed E-state index contributed by atoms with van der Waals surface area (Å²) in [6.45, 7) is 1.74. The molecule has 1 aromatic rings. The van der Waals surface area contributed by atoms with E-state index >= 15 is 0 Å². The molecule has 0 aliphatic rings. The molecule has 0 aliphatic carbocycles. The lowest BCUT2D eigenvalue weighted by molar-refractivity contribution is -0.151. The Balaban J connectivity index is 3.03. The summed E-state index contributed by atoms with van der Waals surface area (Å²) in [6.07, 6.45) is 1.05. The summed E-state index contributed by atoms with van der Waals surface area (Å²) in [7, 11) is 1.38. The summed E-state index contributed by atoms with van der Waals surface area (Å²) in [5.74, 6) is -1.54. The molecule has 0 atom stereocenters. The smallest absolute Gasteiger partial charge is 0.379 e. The van der Waals surface area contributed by atoms with E-state index in [1.807, 2.05) is 6.07 Å². The van der Waals surface area contributed by atoms with Crippen molar-refractivity contribution in [1.82, 2.24) is 0 Å². The fraction of sp³-hybridized carbons (Fsp3) is 0.214. The number of rotatable bonds is 5. The van der Waals surface area contributed by atoms with Crippen LogP contribution in [0.5, 0.6) is 0 Å². The number of nitrogens with zero attached hydrogens (tertiary/aromatic N) is 1. The van der Waals surface area contributed by atoms with Crippen molar-refractivity contribution in [2.75, 3.05) is 13.7 Å². The lowest BCUT2D eigenvalue weighted by atomic mass is 10.1. The summed E-state index contributed by atoms with van der Waals surface area (Å²) in [5.41, 5.74) is 0.975. The molecule has 0 spiro atoms. The Morgan fingerprint density at radius 2 is 2.16 bits per heavy atom. The molecule has 0 N–H and O–H groups in total. The molecule has 0 heterocycles. The van der Waals surface area contributed by atoms with Crippen LogP contribution in [-0.2, 0) is 19.1 Å². The van der Waals surface area contributed by atoms with Gasteiger partial charge < -0.3 is 9.47 Å². The lowest BCUT2D eigenvalue weighted by Gasteiger charge is -2.06. The molecule has 19 heavy (non-hydrogen) atoms. The molecule has 1 rings (SSSR count). The fourth-order valence-electron chi connectivity index (χ4n) is 1.38. The van der Waals surface area contributed by atoms with E-state index in [0.717, 1.165) is 6.08 Å². The minimum Gasteiger partial charge on any atom is -0.496 e. The average Bonchev–Trinajstić information content (AvgIpc) is 2.44. The van der Waals surface area contributed by atoms with E-state index < -0.39 is 11.8 Å². The molecular weight excluding hydrogens is 246 g/mol. The monoisotopic (exact) mass is 259 g/mol. The van der Waals surface area contributed by atoms with Crippen LogP contribution in [0.2, 0.25) is 0 Å². The first-order chi connectivity index (χ1) is 9.12. The molecule has 5 nitrogen and oxygen atoms in total. The number of carbonyl (C=O) groups is 2. The molecule has 5 heteroatoms. The maximum atomic E-state index is 11.5. The van der Waals surface area contributed by atoms with Gasteiger partial charge in [0, 0.05) is 11.6 Å². The molecule has 0 saturated carbocycles. The van der Waals surface area contributed by atoms with Gasteiger partial charge >= 0.3 is 5.97 Å². The number of benzene rings is 1. The zero-order valence-electron chi connectivity index (χ0n) is 10.7. The van der Waals surface area contributed by atoms with E-state index in [1.54, 1.807) is 31.2 Å². The van der Waals surface area contributed by atoms with E-state index in [4.69, 9.17) is 10.00 Å². The number of carbonyl (C=O) groups excluding carboxylic acids is 2. The number of ketones is 1. The largest absolute Gasteiger partial charge is 0.496 e. The van der Waals surface area contributed by atoms with Gasteiger partial charge in [-0.2, -0.15) is 5.26 Å². The Hall–Kier alpha value is -2.61. The standard InChI is InChI=1S/C14H13NO4/c1-3-19-14(17)12(16)8-13(18-2)11-6-4-5-10(7-11)9-15/h4-8H,3H2,1-2H3/b13-8-. The number of hydrogen-bond acceptors (Lipinski definition) is 5. The molecule has 0 amide bonds. The van der Waals surface area contributed by atoms with Gasteiger partial charge in [-0.05, 0) is 19.1 Å². The number of esters is 1. The van der Waals surface area contributed by atoms with Gasteiger partial charge in [-0.25, -0.2) is 4.79 Å². The molecule has 1 aromatic carbocycles. The topological polar surface area (TPSA) is 76.4 Å². The van der Waals surface area contributed by atoms with Gasteiger partial charge in [0.25, 0.3) is 5.78 Å². The van der Waals surface area contributed by atoms with Crippen LogP contribution in [0.25, 0.3) is 5.76 Å². The molecule has 98 valence electrons. The van der Waals surface area contributed by atoms with Crippen LogP contribution in [0.4, 0.5) is 0 Å². The van der Waals surface area contributed by atoms with E-state index in [1.165, 1.54) is 7.11 Å². The van der Waals surface area contributed by atoms with Crippen molar-refractivity contribution >= 4 is 17.5 Å². The first-order valence-corrected chi connectivity index (χ1v) is 5.59. The van der Waals surface area contributed by atoms with Crippen molar-refractivity contribution in [1.29, 1.82) is 5.26 Å². The van der Waals surface area contributed by atoms with E-state index in [9.17, 15) is 9.59 Å². The van der Waals surface area contributed by atoms with Gasteiger partial charge in [0.1, 0.15) is 5.76 Å². The Kier molecular flexibility index (Phi) is 5.30. The van der Waals surface area contributed by atoms with Crippen LogP contribution in [0, 0.1) is 11.3 Å². The second-order valence-corrected chi connectivity index (χ2v) is 3.49. The highest BCUT2D eigenvalue weighted by atomic mass is 16.5. The van der Waals surface area contributed by atoms with Gasteiger partial charge in [0.2, 0.25) is 0 Å². The number of hydrogen-bond donors (Lipinski definition) is 0. The van der Waals surface area contributed by atoms with Crippen molar-refractivity contribution in [3.63, 3.8) is 0 Å². The molecule has 0 fully saturated rings. The highest BCUT2D eigenvalue weighted by molar-refractivity contribution is 6.39. The molecule has 0 aromatic heterocycles. The third kappa shape index (κ3) is 3.96. The van der Waals surface area contributed by atoms with Crippen molar-refractivity contribution in [3.8, 4) is 6.07 Å². The Bertz CT molecular complexity index is 555. The fourth-order valence-corrected chi connectivity index (χ4v) is 1.38. The highest BCUT2D eigenvalue weighted by Crippen LogP contribution is 2.16. The molecule has 0 saturated heterocycles. The Morgan fingerprint density at radius 3 is 2.74 bits per heavy atom. The van der Waals surface area contributed by atoms with Crippen molar-refractivity contribution in [2.24, 2.45) is 0 Å². The summed E-state index contributed by atoms with van der Waals surface area (Å²) < 4.78 is 9.65. The summed E-state index contributed by atoms with van der Waals surface area (Å²) >= 11 is 0. The lowest BCUT2D eigenvalue weighted by Crippen LogP contribution is -2.15. The minimum atomic E-state index is -0.937. The summed E-state index contributed by atoms with van der Waals surface area (Å²) in [4.78, 5) is 22.8. The van der Waals surface area contributed by atoms with E-state index in [-0.39, 0.29) is 12.4 Å². The highest BCUT2D eigenvalue weighted by Gasteiger charge is 2.14. The molecule has 0 aliphatic heterocycles. The van der Waals surface area contributed by atoms with Gasteiger partial charge in [-0.1, -0.05) is 12.1 Å². The summed E-state index contributed by atoms with van der Waals surface area (Å²) in [5, 5.41) is 8.81.